The summed E-state index contributed by atoms with van der Waals surface area (Å²) >= 11 is 5.76. The summed E-state index contributed by atoms with van der Waals surface area (Å²) in [5, 5.41) is 0.150. The Morgan fingerprint density at radius 3 is 2.28 bits per heavy atom. The molecule has 25 heavy (non-hydrogen) atoms. The largest absolute Gasteiger partial charge is 0.346 e. The number of benzene rings is 2. The summed E-state index contributed by atoms with van der Waals surface area (Å²) in [5.41, 5.74) is -0.755. The van der Waals surface area contributed by atoms with E-state index >= 15 is 0 Å². The molecule has 1 aromatic heterocycles. The molecular formula is C17H12ClF2NO3S. The van der Waals surface area contributed by atoms with Gasteiger partial charge in [-0.3, -0.25) is 4.79 Å². The van der Waals surface area contributed by atoms with Gasteiger partial charge in [0.05, 0.1) is 15.8 Å². The minimum absolute atomic E-state index is 0.112. The Morgan fingerprint density at radius 1 is 1.08 bits per heavy atom. The Kier molecular flexibility index (Phi) is 4.38. The molecule has 0 aliphatic heterocycles. The molecule has 8 heteroatoms. The molecule has 3 rings (SSSR count). The van der Waals surface area contributed by atoms with Gasteiger partial charge in [-0.05, 0) is 37.3 Å². The van der Waals surface area contributed by atoms with Gasteiger partial charge in [-0.15, -0.1) is 0 Å². The highest BCUT2D eigenvalue weighted by molar-refractivity contribution is 7.91. The van der Waals surface area contributed by atoms with E-state index in [-0.39, 0.29) is 22.3 Å². The zero-order valence-corrected chi connectivity index (χ0v) is 14.5. The number of aryl methyl sites for hydroxylation is 1. The molecule has 0 atom stereocenters. The number of pyridine rings is 1. The van der Waals surface area contributed by atoms with Crippen LogP contribution < -0.4 is 5.43 Å². The van der Waals surface area contributed by atoms with Crippen molar-refractivity contribution < 1.29 is 17.2 Å². The van der Waals surface area contributed by atoms with Crippen LogP contribution in [0.2, 0.25) is 5.02 Å². The quantitative estimate of drug-likeness (QED) is 0.691. The third-order valence-corrected chi connectivity index (χ3v) is 5.86. The summed E-state index contributed by atoms with van der Waals surface area (Å²) in [6.45, 7) is 1.97. The number of fused-ring (bicyclic) bond motifs is 1. The standard InChI is InChI=1S/C17H12ClF2NO3S/c1-2-21-9-16(25(23,24)11-5-3-10(18)4-6-11)17(22)12-7-13(19)14(20)8-15(12)21/h3-9H,2H2,1H3. The molecule has 4 nitrogen and oxygen atoms in total. The van der Waals surface area contributed by atoms with Gasteiger partial charge in [0.25, 0.3) is 0 Å². The summed E-state index contributed by atoms with van der Waals surface area (Å²) < 4.78 is 54.1. The van der Waals surface area contributed by atoms with Crippen LogP contribution in [0.25, 0.3) is 10.9 Å². The fourth-order valence-corrected chi connectivity index (χ4v) is 4.05. The number of aromatic nitrogens is 1. The number of rotatable bonds is 3. The minimum Gasteiger partial charge on any atom is -0.346 e. The Morgan fingerprint density at radius 2 is 1.68 bits per heavy atom. The highest BCUT2D eigenvalue weighted by atomic mass is 35.5. The molecule has 130 valence electrons. The highest BCUT2D eigenvalue weighted by Crippen LogP contribution is 2.23. The molecule has 0 unspecified atom stereocenters. The molecule has 0 fully saturated rings. The van der Waals surface area contributed by atoms with Gasteiger partial charge in [0, 0.05) is 23.8 Å². The molecule has 0 aliphatic carbocycles. The third kappa shape index (κ3) is 2.94. The maximum atomic E-state index is 13.6. The Balaban J connectivity index is 2.37. The van der Waals surface area contributed by atoms with Crippen LogP contribution in [-0.4, -0.2) is 13.0 Å². The number of halogens is 3. The fourth-order valence-electron chi connectivity index (χ4n) is 2.55. The van der Waals surface area contributed by atoms with Crippen LogP contribution in [0.5, 0.6) is 0 Å². The first-order valence-corrected chi connectivity index (χ1v) is 9.14. The van der Waals surface area contributed by atoms with E-state index < -0.39 is 31.8 Å². The summed E-state index contributed by atoms with van der Waals surface area (Å²) in [6, 6.07) is 6.95. The van der Waals surface area contributed by atoms with Gasteiger partial charge in [-0.2, -0.15) is 0 Å². The molecule has 0 saturated heterocycles. The van der Waals surface area contributed by atoms with E-state index in [1.54, 1.807) is 6.92 Å². The van der Waals surface area contributed by atoms with Crippen LogP contribution >= 0.6 is 11.6 Å². The van der Waals surface area contributed by atoms with Crippen molar-refractivity contribution in [2.75, 3.05) is 0 Å². The van der Waals surface area contributed by atoms with Crippen molar-refractivity contribution in [2.24, 2.45) is 0 Å². The lowest BCUT2D eigenvalue weighted by Gasteiger charge is -2.12. The Bertz CT molecular complexity index is 1140. The van der Waals surface area contributed by atoms with Crippen molar-refractivity contribution in [3.8, 4) is 0 Å². The van der Waals surface area contributed by atoms with Gasteiger partial charge in [0.1, 0.15) is 4.90 Å². The SMILES string of the molecule is CCn1cc(S(=O)(=O)c2ccc(Cl)cc2)c(=O)c2cc(F)c(F)cc21. The van der Waals surface area contributed by atoms with E-state index in [0.29, 0.717) is 5.02 Å². The summed E-state index contributed by atoms with van der Waals surface area (Å²) in [6.07, 6.45) is 1.14. The van der Waals surface area contributed by atoms with Crippen molar-refractivity contribution in [2.45, 2.75) is 23.3 Å². The van der Waals surface area contributed by atoms with Gasteiger partial charge < -0.3 is 4.57 Å². The number of hydrogen-bond acceptors (Lipinski definition) is 3. The van der Waals surface area contributed by atoms with E-state index in [1.165, 1.54) is 28.8 Å². The lowest BCUT2D eigenvalue weighted by atomic mass is 10.2. The van der Waals surface area contributed by atoms with Gasteiger partial charge >= 0.3 is 0 Å². The minimum atomic E-state index is -4.14. The van der Waals surface area contributed by atoms with Gasteiger partial charge in [-0.25, -0.2) is 17.2 Å². The molecule has 2 aromatic carbocycles. The first kappa shape index (κ1) is 17.6. The average Bonchev–Trinajstić information content (AvgIpc) is 2.57. The smallest absolute Gasteiger partial charge is 0.211 e. The van der Waals surface area contributed by atoms with Crippen molar-refractivity contribution in [1.82, 2.24) is 4.57 Å². The molecule has 0 amide bonds. The first-order chi connectivity index (χ1) is 11.8. The normalized spacial score (nSPS) is 11.8. The lowest BCUT2D eigenvalue weighted by molar-refractivity contribution is 0.510. The molecule has 0 bridgehead atoms. The third-order valence-electron chi connectivity index (χ3n) is 3.84. The lowest BCUT2D eigenvalue weighted by Crippen LogP contribution is -2.19. The van der Waals surface area contributed by atoms with Crippen molar-refractivity contribution in [3.05, 3.63) is 69.5 Å². The summed E-state index contributed by atoms with van der Waals surface area (Å²) in [4.78, 5) is 12.0. The van der Waals surface area contributed by atoms with Gasteiger partial charge in [0.15, 0.2) is 11.6 Å². The monoisotopic (exact) mass is 383 g/mol. The molecule has 0 N–H and O–H groups in total. The average molecular weight is 384 g/mol. The van der Waals surface area contributed by atoms with Crippen LogP contribution in [0.4, 0.5) is 8.78 Å². The van der Waals surface area contributed by atoms with E-state index in [4.69, 9.17) is 11.6 Å². The predicted molar refractivity (Wildman–Crippen MR) is 90.7 cm³/mol. The zero-order chi connectivity index (χ0) is 18.4. The maximum absolute atomic E-state index is 13.6. The van der Waals surface area contributed by atoms with E-state index in [9.17, 15) is 22.0 Å². The molecule has 0 spiro atoms. The topological polar surface area (TPSA) is 56.1 Å². The van der Waals surface area contributed by atoms with E-state index in [0.717, 1.165) is 18.3 Å². The Hall–Kier alpha value is -2.25. The van der Waals surface area contributed by atoms with Crippen LogP contribution in [0, 0.1) is 11.6 Å². The second-order valence-corrected chi connectivity index (χ2v) is 7.70. The second-order valence-electron chi connectivity index (χ2n) is 5.35. The predicted octanol–water partition coefficient (Wildman–Crippen LogP) is 3.79. The van der Waals surface area contributed by atoms with Crippen LogP contribution in [0.15, 0.2) is 57.2 Å². The zero-order valence-electron chi connectivity index (χ0n) is 13.0. The molecule has 3 aromatic rings. The maximum Gasteiger partial charge on any atom is 0.211 e. The molecule has 1 heterocycles. The van der Waals surface area contributed by atoms with E-state index in [1.807, 2.05) is 0 Å². The fraction of sp³-hybridized carbons (Fsp3) is 0.118. The second kappa shape index (κ2) is 6.24. The van der Waals surface area contributed by atoms with Gasteiger partial charge in [0.2, 0.25) is 15.3 Å². The number of sulfone groups is 1. The van der Waals surface area contributed by atoms with Crippen molar-refractivity contribution in [1.29, 1.82) is 0 Å². The number of nitrogens with zero attached hydrogens (tertiary/aromatic N) is 1. The van der Waals surface area contributed by atoms with E-state index in [2.05, 4.69) is 0 Å². The molecule has 0 radical (unpaired) electrons. The van der Waals surface area contributed by atoms with Gasteiger partial charge in [-0.1, -0.05) is 11.6 Å². The first-order valence-electron chi connectivity index (χ1n) is 7.28. The van der Waals surface area contributed by atoms with Crippen LogP contribution in [-0.2, 0) is 16.4 Å². The van der Waals surface area contributed by atoms with Crippen molar-refractivity contribution in [3.63, 3.8) is 0 Å². The summed E-state index contributed by atoms with van der Waals surface area (Å²) in [5.74, 6) is -2.32. The van der Waals surface area contributed by atoms with Crippen LogP contribution in [0.3, 0.4) is 0 Å². The molecule has 0 saturated carbocycles. The van der Waals surface area contributed by atoms with Crippen LogP contribution in [0.1, 0.15) is 6.92 Å². The Labute approximate surface area is 147 Å². The molecular weight excluding hydrogens is 372 g/mol. The highest BCUT2D eigenvalue weighted by Gasteiger charge is 2.24. The molecule has 0 aliphatic rings. The summed E-state index contributed by atoms with van der Waals surface area (Å²) in [7, 11) is -4.14. The van der Waals surface area contributed by atoms with Crippen molar-refractivity contribution >= 4 is 32.3 Å². The number of hydrogen-bond donors (Lipinski definition) is 0.